The van der Waals surface area contributed by atoms with Gasteiger partial charge in [0.2, 0.25) is 17.7 Å². The summed E-state index contributed by atoms with van der Waals surface area (Å²) in [5.41, 5.74) is 0. The van der Waals surface area contributed by atoms with Crippen molar-refractivity contribution in [3.8, 4) is 0 Å². The largest absolute Gasteiger partial charge is 0.338 e. The molecule has 22 heavy (non-hydrogen) atoms. The zero-order chi connectivity index (χ0) is 15.9. The zero-order valence-electron chi connectivity index (χ0n) is 13.6. The standard InChI is InChI=1S/C17H26N2O3/c1-11-12(2)17(22)19(16(11)21)10-15(20)18-9-5-7-13-6-3-4-8-14(13)18/h11-14H,3-10H2,1-2H3. The van der Waals surface area contributed by atoms with Crippen LogP contribution in [0.25, 0.3) is 0 Å². The molecule has 0 aromatic rings. The number of carbonyl (C=O) groups excluding carboxylic acids is 3. The van der Waals surface area contributed by atoms with E-state index < -0.39 is 0 Å². The fraction of sp³-hybridized carbons (Fsp3) is 0.824. The molecule has 0 radical (unpaired) electrons. The first-order chi connectivity index (χ1) is 10.5. The molecule has 4 unspecified atom stereocenters. The van der Waals surface area contributed by atoms with Crippen molar-refractivity contribution in [1.29, 1.82) is 0 Å². The van der Waals surface area contributed by atoms with E-state index >= 15 is 0 Å². The van der Waals surface area contributed by atoms with Gasteiger partial charge in [0, 0.05) is 24.4 Å². The fourth-order valence-corrected chi connectivity index (χ4v) is 4.34. The second kappa shape index (κ2) is 6.01. The average Bonchev–Trinajstić information content (AvgIpc) is 2.72. The van der Waals surface area contributed by atoms with Gasteiger partial charge in [0.25, 0.3) is 0 Å². The molecule has 5 heteroatoms. The normalized spacial score (nSPS) is 35.7. The maximum atomic E-state index is 12.7. The van der Waals surface area contributed by atoms with Gasteiger partial charge in [-0.05, 0) is 31.6 Å². The molecule has 5 nitrogen and oxygen atoms in total. The minimum atomic E-state index is -0.302. The molecule has 0 bridgehead atoms. The molecule has 1 saturated carbocycles. The van der Waals surface area contributed by atoms with E-state index in [1.807, 2.05) is 4.90 Å². The minimum Gasteiger partial charge on any atom is -0.338 e. The summed E-state index contributed by atoms with van der Waals surface area (Å²) < 4.78 is 0. The maximum absolute atomic E-state index is 12.7. The molecule has 0 aromatic heterocycles. The Bertz CT molecular complexity index is 468. The number of imide groups is 1. The summed E-state index contributed by atoms with van der Waals surface area (Å²) in [6.07, 6.45) is 6.99. The topological polar surface area (TPSA) is 57.7 Å². The summed E-state index contributed by atoms with van der Waals surface area (Å²) in [7, 11) is 0. The zero-order valence-corrected chi connectivity index (χ0v) is 13.6. The first-order valence-corrected chi connectivity index (χ1v) is 8.65. The maximum Gasteiger partial charge on any atom is 0.243 e. The van der Waals surface area contributed by atoms with Gasteiger partial charge in [-0.15, -0.1) is 0 Å². The Labute approximate surface area is 132 Å². The molecule has 2 heterocycles. The highest BCUT2D eigenvalue weighted by Crippen LogP contribution is 2.35. The molecule has 0 aromatic carbocycles. The lowest BCUT2D eigenvalue weighted by Gasteiger charge is -2.44. The van der Waals surface area contributed by atoms with Crippen LogP contribution in [0, 0.1) is 17.8 Å². The van der Waals surface area contributed by atoms with E-state index in [4.69, 9.17) is 0 Å². The Hall–Kier alpha value is -1.39. The lowest BCUT2D eigenvalue weighted by molar-refractivity contribution is -0.149. The summed E-state index contributed by atoms with van der Waals surface area (Å²) in [4.78, 5) is 40.2. The number of amides is 3. The summed E-state index contributed by atoms with van der Waals surface area (Å²) in [6, 6.07) is 0.331. The third kappa shape index (κ3) is 2.55. The second-order valence-corrected chi connectivity index (χ2v) is 7.18. The van der Waals surface area contributed by atoms with E-state index in [2.05, 4.69) is 0 Å². The first kappa shape index (κ1) is 15.5. The van der Waals surface area contributed by atoms with Gasteiger partial charge in [-0.25, -0.2) is 0 Å². The Kier molecular flexibility index (Phi) is 4.24. The number of piperidine rings is 1. The number of nitrogens with zero attached hydrogens (tertiary/aromatic N) is 2. The molecule has 0 N–H and O–H groups in total. The lowest BCUT2D eigenvalue weighted by atomic mass is 9.78. The van der Waals surface area contributed by atoms with Crippen LogP contribution < -0.4 is 0 Å². The number of hydrogen-bond donors (Lipinski definition) is 0. The fourth-order valence-electron chi connectivity index (χ4n) is 4.34. The Morgan fingerprint density at radius 2 is 1.59 bits per heavy atom. The average molecular weight is 306 g/mol. The number of rotatable bonds is 2. The second-order valence-electron chi connectivity index (χ2n) is 7.18. The molecule has 3 fully saturated rings. The molecule has 2 saturated heterocycles. The van der Waals surface area contributed by atoms with Gasteiger partial charge in [0.05, 0.1) is 0 Å². The van der Waals surface area contributed by atoms with Crippen LogP contribution in [0.4, 0.5) is 0 Å². The van der Waals surface area contributed by atoms with Gasteiger partial charge in [-0.1, -0.05) is 26.7 Å². The smallest absolute Gasteiger partial charge is 0.243 e. The third-order valence-corrected chi connectivity index (χ3v) is 5.92. The molecule has 3 aliphatic rings. The van der Waals surface area contributed by atoms with Gasteiger partial charge in [-0.3, -0.25) is 19.3 Å². The van der Waals surface area contributed by atoms with E-state index in [0.29, 0.717) is 12.0 Å². The SMILES string of the molecule is CC1C(=O)N(CC(=O)N2CCCC3CCCCC32)C(=O)C1C. The number of fused-ring (bicyclic) bond motifs is 1. The number of carbonyl (C=O) groups is 3. The van der Waals surface area contributed by atoms with Gasteiger partial charge < -0.3 is 4.90 Å². The summed E-state index contributed by atoms with van der Waals surface area (Å²) >= 11 is 0. The summed E-state index contributed by atoms with van der Waals surface area (Å²) in [5, 5.41) is 0. The van der Waals surface area contributed by atoms with Crippen LogP contribution in [0.2, 0.25) is 0 Å². The molecule has 2 aliphatic heterocycles. The predicted molar refractivity (Wildman–Crippen MR) is 81.7 cm³/mol. The van der Waals surface area contributed by atoms with Gasteiger partial charge in [0.1, 0.15) is 6.54 Å². The van der Waals surface area contributed by atoms with Gasteiger partial charge >= 0.3 is 0 Å². The van der Waals surface area contributed by atoms with Crippen LogP contribution >= 0.6 is 0 Å². The van der Waals surface area contributed by atoms with Gasteiger partial charge in [0.15, 0.2) is 0 Å². The highest BCUT2D eigenvalue weighted by Gasteiger charge is 2.44. The Morgan fingerprint density at radius 1 is 1.00 bits per heavy atom. The van der Waals surface area contributed by atoms with Crippen LogP contribution in [-0.2, 0) is 14.4 Å². The molecule has 1 aliphatic carbocycles. The highest BCUT2D eigenvalue weighted by atomic mass is 16.2. The monoisotopic (exact) mass is 306 g/mol. The van der Waals surface area contributed by atoms with Crippen molar-refractivity contribution in [2.24, 2.45) is 17.8 Å². The molecule has 3 amide bonds. The third-order valence-electron chi connectivity index (χ3n) is 5.92. The molecular weight excluding hydrogens is 280 g/mol. The van der Waals surface area contributed by atoms with Crippen molar-refractivity contribution in [1.82, 2.24) is 9.80 Å². The first-order valence-electron chi connectivity index (χ1n) is 8.65. The number of hydrogen-bond acceptors (Lipinski definition) is 3. The van der Waals surface area contributed by atoms with E-state index in [9.17, 15) is 14.4 Å². The quantitative estimate of drug-likeness (QED) is 0.731. The van der Waals surface area contributed by atoms with Crippen molar-refractivity contribution in [3.63, 3.8) is 0 Å². The van der Waals surface area contributed by atoms with Crippen molar-refractivity contribution < 1.29 is 14.4 Å². The van der Waals surface area contributed by atoms with Crippen LogP contribution in [0.1, 0.15) is 52.4 Å². The Morgan fingerprint density at radius 3 is 2.27 bits per heavy atom. The molecule has 122 valence electrons. The van der Waals surface area contributed by atoms with Crippen LogP contribution in [0.3, 0.4) is 0 Å². The van der Waals surface area contributed by atoms with E-state index in [-0.39, 0.29) is 36.1 Å². The molecular formula is C17H26N2O3. The number of likely N-dealkylation sites (tertiary alicyclic amines) is 2. The minimum absolute atomic E-state index is 0.0420. The Balaban J connectivity index is 1.69. The highest BCUT2D eigenvalue weighted by molar-refractivity contribution is 6.06. The van der Waals surface area contributed by atoms with Crippen molar-refractivity contribution >= 4 is 17.7 Å². The van der Waals surface area contributed by atoms with Gasteiger partial charge in [-0.2, -0.15) is 0 Å². The predicted octanol–water partition coefficient (Wildman–Crippen LogP) is 1.81. The molecule has 4 atom stereocenters. The summed E-state index contributed by atoms with van der Waals surface area (Å²) in [5.74, 6) is -0.409. The van der Waals surface area contributed by atoms with Crippen molar-refractivity contribution in [3.05, 3.63) is 0 Å². The van der Waals surface area contributed by atoms with E-state index in [1.54, 1.807) is 13.8 Å². The van der Waals surface area contributed by atoms with E-state index in [1.165, 1.54) is 30.6 Å². The van der Waals surface area contributed by atoms with Crippen molar-refractivity contribution in [2.75, 3.05) is 13.1 Å². The molecule has 0 spiro atoms. The molecule has 3 rings (SSSR count). The lowest BCUT2D eigenvalue weighted by Crippen LogP contribution is -2.53. The van der Waals surface area contributed by atoms with Crippen molar-refractivity contribution in [2.45, 2.75) is 58.4 Å². The summed E-state index contributed by atoms with van der Waals surface area (Å²) in [6.45, 7) is 4.26. The van der Waals surface area contributed by atoms with Crippen LogP contribution in [0.5, 0.6) is 0 Å². The van der Waals surface area contributed by atoms with Crippen LogP contribution in [-0.4, -0.2) is 46.7 Å². The van der Waals surface area contributed by atoms with E-state index in [0.717, 1.165) is 19.4 Å². The van der Waals surface area contributed by atoms with Crippen LogP contribution in [0.15, 0.2) is 0 Å².